The van der Waals surface area contributed by atoms with Crippen LogP contribution in [-0.2, 0) is 0 Å². The number of benzene rings is 2. The number of nitrogens with one attached hydrogen (secondary N) is 1. The number of carbonyl (C=O) groups excluding carboxylic acids is 1. The molecule has 0 radical (unpaired) electrons. The lowest BCUT2D eigenvalue weighted by Crippen LogP contribution is -2.30. The zero-order valence-electron chi connectivity index (χ0n) is 15.7. The van der Waals surface area contributed by atoms with Gasteiger partial charge in [0.15, 0.2) is 5.69 Å². The van der Waals surface area contributed by atoms with Crippen LogP contribution >= 0.6 is 0 Å². The minimum atomic E-state index is -0.496. The standard InChI is InChI=1S/C19H17N7O3/c1-12(13-3-5-14(6-4-13)25-11-20-10-21-25)24(2)19(27)18-16-9-15(26(28)29)7-8-17(16)22-23-18/h3-12H,1-2H3,(H,22,23). The number of aromatic nitrogens is 5. The fourth-order valence-electron chi connectivity index (χ4n) is 3.09. The van der Waals surface area contributed by atoms with Crippen molar-refractivity contribution in [3.8, 4) is 5.69 Å². The van der Waals surface area contributed by atoms with Crippen molar-refractivity contribution in [1.82, 2.24) is 29.9 Å². The molecule has 4 rings (SSSR count). The van der Waals surface area contributed by atoms with E-state index in [4.69, 9.17) is 0 Å². The molecule has 0 aliphatic rings. The van der Waals surface area contributed by atoms with Gasteiger partial charge >= 0.3 is 0 Å². The molecule has 10 nitrogen and oxygen atoms in total. The molecular formula is C19H17N7O3. The Hall–Kier alpha value is -4.08. The second kappa shape index (κ2) is 7.15. The van der Waals surface area contributed by atoms with Crippen LogP contribution in [0, 0.1) is 10.1 Å². The summed E-state index contributed by atoms with van der Waals surface area (Å²) in [6.07, 6.45) is 3.07. The van der Waals surface area contributed by atoms with Gasteiger partial charge < -0.3 is 4.90 Å². The lowest BCUT2D eigenvalue weighted by atomic mass is 10.1. The predicted octanol–water partition coefficient (Wildman–Crippen LogP) is 2.89. The van der Waals surface area contributed by atoms with Gasteiger partial charge in [-0.2, -0.15) is 10.2 Å². The number of nitrogens with zero attached hydrogens (tertiary/aromatic N) is 6. The van der Waals surface area contributed by atoms with E-state index in [9.17, 15) is 14.9 Å². The van der Waals surface area contributed by atoms with Crippen LogP contribution in [0.15, 0.2) is 55.1 Å². The fraction of sp³-hybridized carbons (Fsp3) is 0.158. The van der Waals surface area contributed by atoms with Gasteiger partial charge in [-0.3, -0.25) is 20.0 Å². The number of hydrogen-bond donors (Lipinski definition) is 1. The third-order valence-electron chi connectivity index (χ3n) is 4.92. The van der Waals surface area contributed by atoms with Crippen molar-refractivity contribution in [2.75, 3.05) is 7.05 Å². The van der Waals surface area contributed by atoms with E-state index in [0.29, 0.717) is 10.9 Å². The molecule has 0 fully saturated rings. The Morgan fingerprint density at radius 2 is 2.00 bits per heavy atom. The summed E-state index contributed by atoms with van der Waals surface area (Å²) in [6.45, 7) is 1.90. The molecule has 1 N–H and O–H groups in total. The molecule has 146 valence electrons. The molecule has 2 aromatic carbocycles. The highest BCUT2D eigenvalue weighted by molar-refractivity contribution is 6.05. The molecule has 1 amide bonds. The van der Waals surface area contributed by atoms with Crippen LogP contribution in [0.3, 0.4) is 0 Å². The van der Waals surface area contributed by atoms with Gasteiger partial charge in [0.25, 0.3) is 11.6 Å². The minimum absolute atomic E-state index is 0.0904. The van der Waals surface area contributed by atoms with Crippen molar-refractivity contribution in [2.45, 2.75) is 13.0 Å². The van der Waals surface area contributed by atoms with Crippen molar-refractivity contribution in [3.05, 3.63) is 76.5 Å². The highest BCUT2D eigenvalue weighted by atomic mass is 16.6. The van der Waals surface area contributed by atoms with Gasteiger partial charge in [-0.05, 0) is 30.7 Å². The number of hydrogen-bond acceptors (Lipinski definition) is 6. The Bertz CT molecular complexity index is 1180. The maximum atomic E-state index is 13.0. The van der Waals surface area contributed by atoms with Gasteiger partial charge in [0.2, 0.25) is 0 Å². The van der Waals surface area contributed by atoms with Gasteiger partial charge in [0, 0.05) is 24.6 Å². The summed E-state index contributed by atoms with van der Waals surface area (Å²) in [5.41, 5.74) is 2.41. The molecule has 0 aliphatic carbocycles. The van der Waals surface area contributed by atoms with E-state index in [1.165, 1.54) is 18.5 Å². The number of aromatic amines is 1. The highest BCUT2D eigenvalue weighted by Crippen LogP contribution is 2.26. The summed E-state index contributed by atoms with van der Waals surface area (Å²) >= 11 is 0. The molecular weight excluding hydrogens is 374 g/mol. The Labute approximate surface area is 164 Å². The zero-order valence-corrected chi connectivity index (χ0v) is 15.7. The van der Waals surface area contributed by atoms with Crippen molar-refractivity contribution in [2.24, 2.45) is 0 Å². The molecule has 0 saturated heterocycles. The summed E-state index contributed by atoms with van der Waals surface area (Å²) in [4.78, 5) is 29.1. The molecule has 10 heteroatoms. The second-order valence-corrected chi connectivity index (χ2v) is 6.58. The number of nitro groups is 1. The Kier molecular flexibility index (Phi) is 4.51. The molecule has 0 bridgehead atoms. The Morgan fingerprint density at radius 3 is 2.66 bits per heavy atom. The first-order valence-electron chi connectivity index (χ1n) is 8.80. The van der Waals surface area contributed by atoms with Gasteiger partial charge in [-0.15, -0.1) is 0 Å². The minimum Gasteiger partial charge on any atom is -0.334 e. The molecule has 2 heterocycles. The van der Waals surface area contributed by atoms with E-state index in [-0.39, 0.29) is 23.3 Å². The smallest absolute Gasteiger partial charge is 0.275 e. The van der Waals surface area contributed by atoms with Crippen LogP contribution < -0.4 is 0 Å². The maximum absolute atomic E-state index is 13.0. The first kappa shape index (κ1) is 18.3. The van der Waals surface area contributed by atoms with Gasteiger partial charge in [-0.25, -0.2) is 9.67 Å². The van der Waals surface area contributed by atoms with Crippen molar-refractivity contribution < 1.29 is 9.72 Å². The average Bonchev–Trinajstić information content (AvgIpc) is 3.41. The third kappa shape index (κ3) is 3.31. The molecule has 0 saturated carbocycles. The van der Waals surface area contributed by atoms with Crippen molar-refractivity contribution in [3.63, 3.8) is 0 Å². The maximum Gasteiger partial charge on any atom is 0.275 e. The van der Waals surface area contributed by atoms with Gasteiger partial charge in [-0.1, -0.05) is 12.1 Å². The highest BCUT2D eigenvalue weighted by Gasteiger charge is 2.24. The SMILES string of the molecule is CC(c1ccc(-n2cncn2)cc1)N(C)C(=O)c1n[nH]c2ccc([N+](=O)[O-])cc12. The molecule has 0 spiro atoms. The lowest BCUT2D eigenvalue weighted by Gasteiger charge is -2.25. The van der Waals surface area contributed by atoms with Crippen molar-refractivity contribution >= 4 is 22.5 Å². The van der Waals surface area contributed by atoms with Gasteiger partial charge in [0.05, 0.1) is 22.2 Å². The number of non-ortho nitro benzene ring substituents is 1. The summed E-state index contributed by atoms with van der Waals surface area (Å²) in [6, 6.07) is 11.7. The number of nitro benzene ring substituents is 1. The van der Waals surface area contributed by atoms with Crippen molar-refractivity contribution in [1.29, 1.82) is 0 Å². The fourth-order valence-corrected chi connectivity index (χ4v) is 3.09. The monoisotopic (exact) mass is 391 g/mol. The van der Waals surface area contributed by atoms with E-state index in [2.05, 4.69) is 20.3 Å². The summed E-state index contributed by atoms with van der Waals surface area (Å²) in [7, 11) is 1.68. The third-order valence-corrected chi connectivity index (χ3v) is 4.92. The van der Waals surface area contributed by atoms with E-state index in [1.54, 1.807) is 29.0 Å². The number of amides is 1. The Balaban J connectivity index is 1.59. The van der Waals surface area contributed by atoms with Crippen LogP contribution in [-0.4, -0.2) is 47.7 Å². The quantitative estimate of drug-likeness (QED) is 0.412. The number of fused-ring (bicyclic) bond motifs is 1. The predicted molar refractivity (Wildman–Crippen MR) is 105 cm³/mol. The number of carbonyl (C=O) groups is 1. The number of H-pyrrole nitrogens is 1. The van der Waals surface area contributed by atoms with Crippen LogP contribution in [0.4, 0.5) is 5.69 Å². The van der Waals surface area contributed by atoms with Crippen LogP contribution in [0.25, 0.3) is 16.6 Å². The summed E-state index contributed by atoms with van der Waals surface area (Å²) in [5, 5.41) is 22.4. The molecule has 29 heavy (non-hydrogen) atoms. The molecule has 2 aromatic heterocycles. The lowest BCUT2D eigenvalue weighted by molar-refractivity contribution is -0.384. The van der Waals surface area contributed by atoms with E-state index in [1.807, 2.05) is 31.2 Å². The van der Waals surface area contributed by atoms with Gasteiger partial charge in [0.1, 0.15) is 12.7 Å². The Morgan fingerprint density at radius 1 is 1.24 bits per heavy atom. The molecule has 1 unspecified atom stereocenters. The van der Waals surface area contributed by atoms with Crippen LogP contribution in [0.5, 0.6) is 0 Å². The summed E-state index contributed by atoms with van der Waals surface area (Å²) < 4.78 is 1.64. The first-order chi connectivity index (χ1) is 14.0. The largest absolute Gasteiger partial charge is 0.334 e. The first-order valence-corrected chi connectivity index (χ1v) is 8.80. The second-order valence-electron chi connectivity index (χ2n) is 6.58. The average molecular weight is 391 g/mol. The van der Waals surface area contributed by atoms with E-state index in [0.717, 1.165) is 11.3 Å². The van der Waals surface area contributed by atoms with Crippen LogP contribution in [0.2, 0.25) is 0 Å². The van der Waals surface area contributed by atoms with E-state index >= 15 is 0 Å². The van der Waals surface area contributed by atoms with Crippen LogP contribution in [0.1, 0.15) is 29.0 Å². The zero-order chi connectivity index (χ0) is 20.5. The summed E-state index contributed by atoms with van der Waals surface area (Å²) in [5.74, 6) is -0.329. The molecule has 4 aromatic rings. The number of rotatable bonds is 5. The molecule has 1 atom stereocenters. The molecule has 0 aliphatic heterocycles. The normalized spacial score (nSPS) is 12.1. The topological polar surface area (TPSA) is 123 Å². The van der Waals surface area contributed by atoms with E-state index < -0.39 is 4.92 Å².